The quantitative estimate of drug-likeness (QED) is 0.721. The number of esters is 1. The molecule has 1 heterocycles. The Balaban J connectivity index is 2.49. The SMILES string of the molecule is CCOC(=O)N[C@H]1O[C@H](COC(C)=O)C=CC1=O. The van der Waals surface area contributed by atoms with Crippen molar-refractivity contribution >= 4 is 17.8 Å². The lowest BCUT2D eigenvalue weighted by atomic mass is 10.2. The van der Waals surface area contributed by atoms with Gasteiger partial charge < -0.3 is 14.2 Å². The molecular weight excluding hydrogens is 242 g/mol. The van der Waals surface area contributed by atoms with Crippen molar-refractivity contribution in [3.8, 4) is 0 Å². The van der Waals surface area contributed by atoms with E-state index in [2.05, 4.69) is 10.1 Å². The maximum Gasteiger partial charge on any atom is 0.409 e. The van der Waals surface area contributed by atoms with Crippen LogP contribution in [0.5, 0.6) is 0 Å². The molecule has 1 N–H and O–H groups in total. The van der Waals surface area contributed by atoms with E-state index < -0.39 is 30.2 Å². The number of hydrogen-bond donors (Lipinski definition) is 1. The predicted octanol–water partition coefficient (Wildman–Crippen LogP) is 0.146. The van der Waals surface area contributed by atoms with Gasteiger partial charge in [-0.3, -0.25) is 14.9 Å². The summed E-state index contributed by atoms with van der Waals surface area (Å²) in [5, 5.41) is 2.26. The Kier molecular flexibility index (Phi) is 5.31. The van der Waals surface area contributed by atoms with Crippen molar-refractivity contribution in [1.82, 2.24) is 5.32 Å². The predicted molar refractivity (Wildman–Crippen MR) is 59.6 cm³/mol. The first-order valence-corrected chi connectivity index (χ1v) is 5.47. The van der Waals surface area contributed by atoms with E-state index in [-0.39, 0.29) is 13.2 Å². The van der Waals surface area contributed by atoms with Gasteiger partial charge in [-0.05, 0) is 19.1 Å². The Morgan fingerprint density at radius 2 is 2.17 bits per heavy atom. The molecular formula is C11H15NO6. The van der Waals surface area contributed by atoms with E-state index in [1.54, 1.807) is 6.92 Å². The molecule has 1 rings (SSSR count). The van der Waals surface area contributed by atoms with E-state index >= 15 is 0 Å². The summed E-state index contributed by atoms with van der Waals surface area (Å²) in [6, 6.07) is 0. The molecule has 0 unspecified atom stereocenters. The molecule has 1 aliphatic heterocycles. The summed E-state index contributed by atoms with van der Waals surface area (Å²) in [7, 11) is 0. The van der Waals surface area contributed by atoms with Crippen molar-refractivity contribution in [3.63, 3.8) is 0 Å². The maximum absolute atomic E-state index is 11.4. The van der Waals surface area contributed by atoms with Crippen LogP contribution in [0.3, 0.4) is 0 Å². The van der Waals surface area contributed by atoms with Crippen molar-refractivity contribution in [2.24, 2.45) is 0 Å². The fourth-order valence-corrected chi connectivity index (χ4v) is 1.26. The molecule has 0 bridgehead atoms. The zero-order chi connectivity index (χ0) is 13.5. The molecule has 100 valence electrons. The lowest BCUT2D eigenvalue weighted by molar-refractivity contribution is -0.148. The summed E-state index contributed by atoms with van der Waals surface area (Å²) in [5.74, 6) is -0.846. The van der Waals surface area contributed by atoms with Crippen LogP contribution in [0.15, 0.2) is 12.2 Å². The molecule has 1 aliphatic rings. The van der Waals surface area contributed by atoms with E-state index in [1.807, 2.05) is 0 Å². The van der Waals surface area contributed by atoms with Gasteiger partial charge in [0.15, 0.2) is 6.23 Å². The molecule has 2 atom stereocenters. The Hall–Kier alpha value is -1.89. The lowest BCUT2D eigenvalue weighted by Gasteiger charge is -2.24. The monoisotopic (exact) mass is 257 g/mol. The van der Waals surface area contributed by atoms with E-state index in [0.29, 0.717) is 0 Å². The van der Waals surface area contributed by atoms with Crippen LogP contribution < -0.4 is 5.32 Å². The molecule has 1 amide bonds. The number of rotatable bonds is 4. The zero-order valence-corrected chi connectivity index (χ0v) is 10.2. The largest absolute Gasteiger partial charge is 0.463 e. The van der Waals surface area contributed by atoms with Crippen LogP contribution in [0.4, 0.5) is 4.79 Å². The summed E-state index contributed by atoms with van der Waals surface area (Å²) >= 11 is 0. The van der Waals surface area contributed by atoms with Gasteiger partial charge in [-0.2, -0.15) is 0 Å². The van der Waals surface area contributed by atoms with E-state index in [9.17, 15) is 14.4 Å². The van der Waals surface area contributed by atoms with Gasteiger partial charge in [0.1, 0.15) is 12.7 Å². The van der Waals surface area contributed by atoms with E-state index in [0.717, 1.165) is 0 Å². The Morgan fingerprint density at radius 3 is 2.78 bits per heavy atom. The van der Waals surface area contributed by atoms with Crippen LogP contribution in [0, 0.1) is 0 Å². The number of ketones is 1. The maximum atomic E-state index is 11.4. The number of ether oxygens (including phenoxy) is 3. The first-order valence-electron chi connectivity index (χ1n) is 5.47. The third kappa shape index (κ3) is 4.54. The van der Waals surface area contributed by atoms with Crippen LogP contribution in [-0.4, -0.2) is 43.4 Å². The summed E-state index contributed by atoms with van der Waals surface area (Å²) in [4.78, 5) is 33.2. The van der Waals surface area contributed by atoms with Crippen molar-refractivity contribution in [2.45, 2.75) is 26.2 Å². The second-order valence-corrected chi connectivity index (χ2v) is 3.48. The van der Waals surface area contributed by atoms with Crippen LogP contribution >= 0.6 is 0 Å². The highest BCUT2D eigenvalue weighted by atomic mass is 16.6. The van der Waals surface area contributed by atoms with Gasteiger partial charge in [0.25, 0.3) is 0 Å². The molecule has 18 heavy (non-hydrogen) atoms. The molecule has 7 nitrogen and oxygen atoms in total. The van der Waals surface area contributed by atoms with Crippen LogP contribution in [-0.2, 0) is 23.8 Å². The lowest BCUT2D eigenvalue weighted by Crippen LogP contribution is -2.47. The van der Waals surface area contributed by atoms with Gasteiger partial charge in [-0.15, -0.1) is 0 Å². The van der Waals surface area contributed by atoms with Crippen LogP contribution in [0.1, 0.15) is 13.8 Å². The van der Waals surface area contributed by atoms with Gasteiger partial charge in [-0.1, -0.05) is 0 Å². The molecule has 0 saturated heterocycles. The topological polar surface area (TPSA) is 90.9 Å². The van der Waals surface area contributed by atoms with Crippen LogP contribution in [0.2, 0.25) is 0 Å². The summed E-state index contributed by atoms with van der Waals surface area (Å²) < 4.78 is 14.6. The second-order valence-electron chi connectivity index (χ2n) is 3.48. The number of carbonyl (C=O) groups excluding carboxylic acids is 3. The Bertz CT molecular complexity index is 365. The van der Waals surface area contributed by atoms with Crippen molar-refractivity contribution in [1.29, 1.82) is 0 Å². The molecule has 0 saturated carbocycles. The fourth-order valence-electron chi connectivity index (χ4n) is 1.26. The van der Waals surface area contributed by atoms with Crippen molar-refractivity contribution in [3.05, 3.63) is 12.2 Å². The molecule has 0 aromatic rings. The molecule has 0 spiro atoms. The number of amides is 1. The highest BCUT2D eigenvalue weighted by Crippen LogP contribution is 2.08. The van der Waals surface area contributed by atoms with Gasteiger partial charge in [0.05, 0.1) is 6.61 Å². The Morgan fingerprint density at radius 1 is 1.44 bits per heavy atom. The van der Waals surface area contributed by atoms with Crippen molar-refractivity contribution in [2.75, 3.05) is 13.2 Å². The smallest absolute Gasteiger partial charge is 0.409 e. The minimum Gasteiger partial charge on any atom is -0.463 e. The Labute approximate surface area is 104 Å². The first-order chi connectivity index (χ1) is 8.52. The average Bonchev–Trinajstić information content (AvgIpc) is 2.30. The zero-order valence-electron chi connectivity index (χ0n) is 10.2. The minimum atomic E-state index is -1.12. The van der Waals surface area contributed by atoms with Crippen molar-refractivity contribution < 1.29 is 28.6 Å². The summed E-state index contributed by atoms with van der Waals surface area (Å²) in [6.45, 7) is 3.10. The average molecular weight is 257 g/mol. The van der Waals surface area contributed by atoms with Gasteiger partial charge >= 0.3 is 12.1 Å². The number of alkyl carbamates (subject to hydrolysis) is 1. The number of nitrogens with one attached hydrogen (secondary N) is 1. The molecule has 7 heteroatoms. The summed E-state index contributed by atoms with van der Waals surface area (Å²) in [5.41, 5.74) is 0. The van der Waals surface area contributed by atoms with E-state index in [4.69, 9.17) is 9.47 Å². The molecule has 0 radical (unpaired) electrons. The van der Waals surface area contributed by atoms with Gasteiger partial charge in [0, 0.05) is 6.92 Å². The highest BCUT2D eigenvalue weighted by molar-refractivity contribution is 5.95. The number of hydrogen-bond acceptors (Lipinski definition) is 6. The fraction of sp³-hybridized carbons (Fsp3) is 0.545. The third-order valence-corrected chi connectivity index (χ3v) is 2.02. The minimum absolute atomic E-state index is 0.0138. The molecule has 0 aromatic carbocycles. The van der Waals surface area contributed by atoms with Gasteiger partial charge in [0.2, 0.25) is 5.78 Å². The first kappa shape index (κ1) is 14.2. The molecule has 0 aliphatic carbocycles. The second kappa shape index (κ2) is 6.75. The van der Waals surface area contributed by atoms with Crippen LogP contribution in [0.25, 0.3) is 0 Å². The van der Waals surface area contributed by atoms with Gasteiger partial charge in [-0.25, -0.2) is 4.79 Å². The highest BCUT2D eigenvalue weighted by Gasteiger charge is 2.27. The number of carbonyl (C=O) groups is 3. The molecule has 0 fully saturated rings. The third-order valence-electron chi connectivity index (χ3n) is 2.02. The summed E-state index contributed by atoms with van der Waals surface area (Å²) in [6.07, 6.45) is 0.314. The normalized spacial score (nSPS) is 22.4. The molecule has 0 aromatic heterocycles. The van der Waals surface area contributed by atoms with E-state index in [1.165, 1.54) is 19.1 Å². The standard InChI is InChI=1S/C11H15NO6/c1-3-16-11(15)12-10-9(14)5-4-8(18-10)6-17-7(2)13/h4-5,8,10H,3,6H2,1-2H3,(H,12,15)/t8-,10-/m0/s1.